The van der Waals surface area contributed by atoms with E-state index in [2.05, 4.69) is 12.2 Å². The van der Waals surface area contributed by atoms with Crippen LogP contribution in [0.3, 0.4) is 0 Å². The van der Waals surface area contributed by atoms with Crippen LogP contribution in [0.4, 0.5) is 10.5 Å². The number of aromatic nitrogens is 2. The second kappa shape index (κ2) is 10.9. The zero-order chi connectivity index (χ0) is 24.9. The molecule has 0 bridgehead atoms. The highest BCUT2D eigenvalue weighted by atomic mass is 35.5. The van der Waals surface area contributed by atoms with Gasteiger partial charge in [0.05, 0.1) is 22.6 Å². The lowest BCUT2D eigenvalue weighted by Crippen LogP contribution is -2.40. The molecule has 35 heavy (non-hydrogen) atoms. The predicted molar refractivity (Wildman–Crippen MR) is 143 cm³/mol. The van der Waals surface area contributed by atoms with Crippen LogP contribution in [0.15, 0.2) is 77.6 Å². The summed E-state index contributed by atoms with van der Waals surface area (Å²) in [6.07, 6.45) is 1.71. The summed E-state index contributed by atoms with van der Waals surface area (Å²) in [6, 6.07) is 20.4. The minimum absolute atomic E-state index is 0.215. The van der Waals surface area contributed by atoms with E-state index in [1.165, 1.54) is 0 Å². The minimum atomic E-state index is -0.509. The second-order valence-electron chi connectivity index (χ2n) is 8.27. The molecule has 0 saturated carbocycles. The maximum atomic E-state index is 13.6. The van der Waals surface area contributed by atoms with Gasteiger partial charge in [0.25, 0.3) is 5.56 Å². The molecule has 0 aliphatic rings. The van der Waals surface area contributed by atoms with E-state index in [-0.39, 0.29) is 11.6 Å². The van der Waals surface area contributed by atoms with Gasteiger partial charge in [0, 0.05) is 22.3 Å². The Labute approximate surface area is 214 Å². The highest BCUT2D eigenvalue weighted by molar-refractivity contribution is 6.31. The zero-order valence-corrected chi connectivity index (χ0v) is 21.1. The molecule has 8 heteroatoms. The van der Waals surface area contributed by atoms with Gasteiger partial charge in [-0.1, -0.05) is 54.7 Å². The Morgan fingerprint density at radius 1 is 1.03 bits per heavy atom. The molecule has 0 saturated heterocycles. The third-order valence-corrected chi connectivity index (χ3v) is 6.31. The molecule has 3 aromatic carbocycles. The first kappa shape index (κ1) is 24.8. The maximum Gasteiger partial charge on any atom is 0.322 e. The van der Waals surface area contributed by atoms with Crippen LogP contribution in [-0.2, 0) is 0 Å². The number of nitrogens with one attached hydrogen (secondary N) is 1. The highest BCUT2D eigenvalue weighted by Gasteiger charge is 2.27. The van der Waals surface area contributed by atoms with E-state index in [0.717, 1.165) is 12.8 Å². The van der Waals surface area contributed by atoms with Crippen LogP contribution in [0.5, 0.6) is 0 Å². The molecule has 1 heterocycles. The second-order valence-corrected chi connectivity index (χ2v) is 9.14. The number of nitrogens with zero attached hydrogens (tertiary/aromatic N) is 3. The largest absolute Gasteiger partial charge is 0.322 e. The SMILES string of the molecule is CCCCN(C(=O)Nc1ccc(Cl)cc1)C(C)c1nc2ccccc2c(=O)n1-c1cccc(Cl)c1. The average molecular weight is 509 g/mol. The van der Waals surface area contributed by atoms with E-state index in [4.69, 9.17) is 28.2 Å². The van der Waals surface area contributed by atoms with Crippen molar-refractivity contribution >= 4 is 45.8 Å². The zero-order valence-electron chi connectivity index (χ0n) is 19.5. The van der Waals surface area contributed by atoms with E-state index >= 15 is 0 Å². The molecule has 2 amide bonds. The molecule has 6 nitrogen and oxygen atoms in total. The van der Waals surface area contributed by atoms with E-state index in [1.54, 1.807) is 64.1 Å². The van der Waals surface area contributed by atoms with E-state index < -0.39 is 6.04 Å². The summed E-state index contributed by atoms with van der Waals surface area (Å²) in [7, 11) is 0. The van der Waals surface area contributed by atoms with Gasteiger partial charge in [0.15, 0.2) is 0 Å². The number of carbonyl (C=O) groups excluding carboxylic acids is 1. The number of benzene rings is 3. The number of halogens is 2. The van der Waals surface area contributed by atoms with Crippen LogP contribution in [0.1, 0.15) is 38.6 Å². The fourth-order valence-corrected chi connectivity index (χ4v) is 4.27. The summed E-state index contributed by atoms with van der Waals surface area (Å²) in [4.78, 5) is 33.6. The molecule has 4 aromatic rings. The summed E-state index contributed by atoms with van der Waals surface area (Å²) in [5.41, 5.74) is 1.59. The lowest BCUT2D eigenvalue weighted by atomic mass is 10.1. The number of hydrogen-bond donors (Lipinski definition) is 1. The van der Waals surface area contributed by atoms with Crippen LogP contribution < -0.4 is 10.9 Å². The molecular weight excluding hydrogens is 483 g/mol. The Bertz CT molecular complexity index is 1400. The molecule has 1 atom stereocenters. The Morgan fingerprint density at radius 3 is 2.49 bits per heavy atom. The Morgan fingerprint density at radius 2 is 1.77 bits per heavy atom. The summed E-state index contributed by atoms with van der Waals surface area (Å²) in [6.45, 7) is 4.44. The molecule has 0 fully saturated rings. The first-order valence-electron chi connectivity index (χ1n) is 11.5. The normalized spacial score (nSPS) is 11.9. The van der Waals surface area contributed by atoms with Crippen molar-refractivity contribution in [3.63, 3.8) is 0 Å². The standard InChI is InChI=1S/C27H26Cl2N4O2/c1-3-4-16-32(27(35)30-21-14-12-19(28)13-15-21)18(2)25-31-24-11-6-5-10-23(24)26(34)33(25)22-9-7-8-20(29)17-22/h5-15,17-18H,3-4,16H2,1-2H3,(H,30,35). The quantitative estimate of drug-likeness (QED) is 0.289. The monoisotopic (exact) mass is 508 g/mol. The van der Waals surface area contributed by atoms with Crippen LogP contribution in [0.25, 0.3) is 16.6 Å². The number of unbranched alkanes of at least 4 members (excludes halogenated alkanes) is 1. The van der Waals surface area contributed by atoms with Crippen molar-refractivity contribution in [2.24, 2.45) is 0 Å². The first-order chi connectivity index (χ1) is 16.9. The number of urea groups is 1. The molecule has 0 aliphatic carbocycles. The Balaban J connectivity index is 1.82. The molecule has 0 aliphatic heterocycles. The lowest BCUT2D eigenvalue weighted by Gasteiger charge is -2.30. The van der Waals surface area contributed by atoms with Crippen LogP contribution in [0, 0.1) is 0 Å². The number of anilines is 1. The fourth-order valence-electron chi connectivity index (χ4n) is 3.96. The van der Waals surface area contributed by atoms with E-state index in [1.807, 2.05) is 25.1 Å². The van der Waals surface area contributed by atoms with Gasteiger partial charge in [-0.2, -0.15) is 0 Å². The van der Waals surface area contributed by atoms with Gasteiger partial charge in [-0.05, 0) is 67.9 Å². The number of amides is 2. The van der Waals surface area contributed by atoms with Crippen LogP contribution in [-0.4, -0.2) is 27.0 Å². The van der Waals surface area contributed by atoms with E-state index in [9.17, 15) is 9.59 Å². The van der Waals surface area contributed by atoms with Gasteiger partial charge in [0.1, 0.15) is 5.82 Å². The molecule has 180 valence electrons. The summed E-state index contributed by atoms with van der Waals surface area (Å²) in [5.74, 6) is 0.457. The van der Waals surface area contributed by atoms with Gasteiger partial charge in [0.2, 0.25) is 0 Å². The molecule has 1 N–H and O–H groups in total. The average Bonchev–Trinajstić information content (AvgIpc) is 2.85. The fraction of sp³-hybridized carbons (Fsp3) is 0.222. The van der Waals surface area contributed by atoms with Gasteiger partial charge in [-0.25, -0.2) is 9.78 Å². The Kier molecular flexibility index (Phi) is 7.73. The number of carbonyl (C=O) groups is 1. The molecular formula is C27H26Cl2N4O2. The maximum absolute atomic E-state index is 13.6. The number of para-hydroxylation sites is 1. The third-order valence-electron chi connectivity index (χ3n) is 5.82. The van der Waals surface area contributed by atoms with Crippen molar-refractivity contribution in [1.82, 2.24) is 14.5 Å². The molecule has 1 unspecified atom stereocenters. The van der Waals surface area contributed by atoms with Gasteiger partial charge < -0.3 is 10.2 Å². The van der Waals surface area contributed by atoms with Crippen molar-refractivity contribution in [3.8, 4) is 5.69 Å². The smallest absolute Gasteiger partial charge is 0.315 e. The lowest BCUT2D eigenvalue weighted by molar-refractivity contribution is 0.188. The molecule has 1 aromatic heterocycles. The topological polar surface area (TPSA) is 67.2 Å². The van der Waals surface area contributed by atoms with Crippen molar-refractivity contribution < 1.29 is 4.79 Å². The van der Waals surface area contributed by atoms with Crippen molar-refractivity contribution in [3.05, 3.63) is 99.0 Å². The van der Waals surface area contributed by atoms with Gasteiger partial charge >= 0.3 is 6.03 Å². The third kappa shape index (κ3) is 5.50. The minimum Gasteiger partial charge on any atom is -0.315 e. The first-order valence-corrected chi connectivity index (χ1v) is 12.3. The van der Waals surface area contributed by atoms with Crippen molar-refractivity contribution in [2.45, 2.75) is 32.7 Å². The molecule has 4 rings (SSSR count). The van der Waals surface area contributed by atoms with Crippen molar-refractivity contribution in [2.75, 3.05) is 11.9 Å². The summed E-state index contributed by atoms with van der Waals surface area (Å²) in [5, 5.41) is 4.53. The van der Waals surface area contributed by atoms with Gasteiger partial charge in [-0.3, -0.25) is 9.36 Å². The predicted octanol–water partition coefficient (Wildman–Crippen LogP) is 7.09. The van der Waals surface area contributed by atoms with Crippen LogP contribution in [0.2, 0.25) is 10.0 Å². The number of fused-ring (bicyclic) bond motifs is 1. The van der Waals surface area contributed by atoms with Crippen molar-refractivity contribution in [1.29, 1.82) is 0 Å². The molecule has 0 radical (unpaired) electrons. The highest BCUT2D eigenvalue weighted by Crippen LogP contribution is 2.25. The Hall–Kier alpha value is -3.35. The summed E-state index contributed by atoms with van der Waals surface area (Å²) < 4.78 is 1.55. The molecule has 0 spiro atoms. The van der Waals surface area contributed by atoms with Crippen LogP contribution >= 0.6 is 23.2 Å². The number of hydrogen-bond acceptors (Lipinski definition) is 3. The summed E-state index contributed by atoms with van der Waals surface area (Å²) >= 11 is 12.2. The number of rotatable bonds is 7. The van der Waals surface area contributed by atoms with E-state index in [0.29, 0.717) is 44.7 Å². The van der Waals surface area contributed by atoms with Gasteiger partial charge in [-0.15, -0.1) is 0 Å².